The summed E-state index contributed by atoms with van der Waals surface area (Å²) >= 11 is 0. The predicted molar refractivity (Wildman–Crippen MR) is 63.4 cm³/mol. The average molecular weight is 211 g/mol. The molecule has 1 rings (SSSR count). The van der Waals surface area contributed by atoms with Crippen molar-refractivity contribution < 1.29 is 4.79 Å². The average Bonchev–Trinajstić information content (AvgIpc) is 3.00. The Morgan fingerprint density at radius 2 is 1.80 bits per heavy atom. The summed E-state index contributed by atoms with van der Waals surface area (Å²) in [6.07, 6.45) is 11.3. The highest BCUT2D eigenvalue weighted by Gasteiger charge is 2.34. The van der Waals surface area contributed by atoms with Gasteiger partial charge in [0.15, 0.2) is 0 Å². The lowest BCUT2D eigenvalue weighted by Crippen LogP contribution is -2.24. The number of amides is 1. The van der Waals surface area contributed by atoms with Crippen LogP contribution < -0.4 is 5.73 Å². The fraction of sp³-hybridized carbons (Fsp3) is 0.923. The summed E-state index contributed by atoms with van der Waals surface area (Å²) in [6, 6.07) is 0. The van der Waals surface area contributed by atoms with Gasteiger partial charge in [-0.05, 0) is 25.2 Å². The Bertz CT molecular complexity index is 187. The molecule has 1 fully saturated rings. The van der Waals surface area contributed by atoms with Crippen molar-refractivity contribution in [3.05, 3.63) is 0 Å². The van der Waals surface area contributed by atoms with Gasteiger partial charge in [0.05, 0.1) is 0 Å². The Kier molecular flexibility index (Phi) is 5.74. The van der Waals surface area contributed by atoms with Crippen LogP contribution in [-0.2, 0) is 4.79 Å². The van der Waals surface area contributed by atoms with Gasteiger partial charge in [-0.1, -0.05) is 45.4 Å². The van der Waals surface area contributed by atoms with Gasteiger partial charge in [0.25, 0.3) is 0 Å². The normalized spacial score (nSPS) is 17.7. The third-order valence-corrected chi connectivity index (χ3v) is 3.43. The van der Waals surface area contributed by atoms with Crippen LogP contribution in [0.1, 0.15) is 64.7 Å². The lowest BCUT2D eigenvalue weighted by Gasteiger charge is -2.11. The number of hydrogen-bond donors (Lipinski definition) is 1. The molecule has 88 valence electrons. The van der Waals surface area contributed by atoms with E-state index in [9.17, 15) is 4.79 Å². The molecule has 2 N–H and O–H groups in total. The van der Waals surface area contributed by atoms with Crippen LogP contribution in [0.15, 0.2) is 0 Å². The molecule has 0 spiro atoms. The van der Waals surface area contributed by atoms with Crippen molar-refractivity contribution in [2.24, 2.45) is 17.6 Å². The molecule has 1 amide bonds. The second-order valence-corrected chi connectivity index (χ2v) is 4.90. The molecule has 0 aromatic rings. The first-order valence-electron chi connectivity index (χ1n) is 6.55. The maximum absolute atomic E-state index is 11.2. The number of carbonyl (C=O) groups excluding carboxylic acids is 1. The molecule has 0 radical (unpaired) electrons. The Labute approximate surface area is 93.6 Å². The molecule has 15 heavy (non-hydrogen) atoms. The Hall–Kier alpha value is -0.530. The first-order chi connectivity index (χ1) is 7.25. The topological polar surface area (TPSA) is 43.1 Å². The second kappa shape index (κ2) is 6.86. The minimum atomic E-state index is -0.0638. The van der Waals surface area contributed by atoms with Gasteiger partial charge >= 0.3 is 0 Å². The zero-order valence-corrected chi connectivity index (χ0v) is 10.0. The van der Waals surface area contributed by atoms with Crippen LogP contribution in [-0.4, -0.2) is 5.91 Å². The number of primary amides is 1. The highest BCUT2D eigenvalue weighted by Crippen LogP contribution is 2.39. The maximum atomic E-state index is 11.2. The van der Waals surface area contributed by atoms with Crippen LogP contribution in [0.25, 0.3) is 0 Å². The Balaban J connectivity index is 1.99. The SMILES string of the molecule is CCCCCCCCC(C(N)=O)C1CC1. The summed E-state index contributed by atoms with van der Waals surface area (Å²) in [5.74, 6) is 0.764. The molecule has 0 heterocycles. The molecule has 0 aromatic heterocycles. The Morgan fingerprint density at radius 1 is 1.20 bits per heavy atom. The van der Waals surface area contributed by atoms with Crippen LogP contribution in [0.4, 0.5) is 0 Å². The first-order valence-corrected chi connectivity index (χ1v) is 6.55. The molecule has 1 unspecified atom stereocenters. The van der Waals surface area contributed by atoms with E-state index in [-0.39, 0.29) is 11.8 Å². The van der Waals surface area contributed by atoms with Gasteiger partial charge in [-0.15, -0.1) is 0 Å². The van der Waals surface area contributed by atoms with E-state index >= 15 is 0 Å². The van der Waals surface area contributed by atoms with Gasteiger partial charge in [-0.2, -0.15) is 0 Å². The van der Waals surface area contributed by atoms with Crippen LogP contribution in [0.3, 0.4) is 0 Å². The quantitative estimate of drug-likeness (QED) is 0.584. The van der Waals surface area contributed by atoms with Gasteiger partial charge in [0.1, 0.15) is 0 Å². The van der Waals surface area contributed by atoms with E-state index in [1.54, 1.807) is 0 Å². The van der Waals surface area contributed by atoms with E-state index in [1.165, 1.54) is 51.4 Å². The third kappa shape index (κ3) is 5.19. The van der Waals surface area contributed by atoms with Gasteiger partial charge in [0, 0.05) is 5.92 Å². The van der Waals surface area contributed by atoms with Gasteiger partial charge in [-0.3, -0.25) is 4.79 Å². The van der Waals surface area contributed by atoms with Crippen molar-refractivity contribution in [3.63, 3.8) is 0 Å². The fourth-order valence-electron chi connectivity index (χ4n) is 2.25. The number of carbonyl (C=O) groups is 1. The van der Waals surface area contributed by atoms with Gasteiger partial charge < -0.3 is 5.73 Å². The molecule has 0 aromatic carbocycles. The second-order valence-electron chi connectivity index (χ2n) is 4.90. The van der Waals surface area contributed by atoms with E-state index in [0.717, 1.165) is 6.42 Å². The smallest absolute Gasteiger partial charge is 0.220 e. The maximum Gasteiger partial charge on any atom is 0.220 e. The number of nitrogens with two attached hydrogens (primary N) is 1. The number of unbranched alkanes of at least 4 members (excludes halogenated alkanes) is 5. The third-order valence-electron chi connectivity index (χ3n) is 3.43. The zero-order valence-electron chi connectivity index (χ0n) is 10.0. The van der Waals surface area contributed by atoms with E-state index in [4.69, 9.17) is 5.73 Å². The van der Waals surface area contributed by atoms with Crippen LogP contribution in [0.2, 0.25) is 0 Å². The standard InChI is InChI=1S/C13H25NO/c1-2-3-4-5-6-7-8-12(13(14)15)11-9-10-11/h11-12H,2-10H2,1H3,(H2,14,15). The first kappa shape index (κ1) is 12.5. The van der Waals surface area contributed by atoms with E-state index < -0.39 is 0 Å². The van der Waals surface area contributed by atoms with E-state index in [1.807, 2.05) is 0 Å². The van der Waals surface area contributed by atoms with Crippen molar-refractivity contribution in [1.82, 2.24) is 0 Å². The largest absolute Gasteiger partial charge is 0.369 e. The molecule has 2 heteroatoms. The molecule has 1 aliphatic rings. The summed E-state index contributed by atoms with van der Waals surface area (Å²) in [5.41, 5.74) is 5.40. The summed E-state index contributed by atoms with van der Waals surface area (Å²) in [5, 5.41) is 0. The highest BCUT2D eigenvalue weighted by atomic mass is 16.1. The van der Waals surface area contributed by atoms with E-state index in [0.29, 0.717) is 5.92 Å². The van der Waals surface area contributed by atoms with Gasteiger partial charge in [-0.25, -0.2) is 0 Å². The summed E-state index contributed by atoms with van der Waals surface area (Å²) < 4.78 is 0. The highest BCUT2D eigenvalue weighted by molar-refractivity contribution is 5.77. The molecule has 1 saturated carbocycles. The number of hydrogen-bond acceptors (Lipinski definition) is 1. The van der Waals surface area contributed by atoms with Crippen molar-refractivity contribution in [1.29, 1.82) is 0 Å². The molecule has 1 aliphatic carbocycles. The van der Waals surface area contributed by atoms with Crippen molar-refractivity contribution >= 4 is 5.91 Å². The fourth-order valence-corrected chi connectivity index (χ4v) is 2.25. The summed E-state index contributed by atoms with van der Waals surface area (Å²) in [7, 11) is 0. The molecular weight excluding hydrogens is 186 g/mol. The molecule has 0 saturated heterocycles. The van der Waals surface area contributed by atoms with Gasteiger partial charge in [0.2, 0.25) is 5.91 Å². The summed E-state index contributed by atoms with van der Waals surface area (Å²) in [6.45, 7) is 2.23. The molecule has 1 atom stereocenters. The van der Waals surface area contributed by atoms with Crippen molar-refractivity contribution in [3.8, 4) is 0 Å². The van der Waals surface area contributed by atoms with Crippen LogP contribution >= 0.6 is 0 Å². The minimum Gasteiger partial charge on any atom is -0.369 e. The zero-order chi connectivity index (χ0) is 11.1. The molecular formula is C13H25NO. The minimum absolute atomic E-state index is 0.0638. The number of rotatable bonds is 9. The monoisotopic (exact) mass is 211 g/mol. The van der Waals surface area contributed by atoms with Crippen molar-refractivity contribution in [2.45, 2.75) is 64.7 Å². The van der Waals surface area contributed by atoms with Crippen molar-refractivity contribution in [2.75, 3.05) is 0 Å². The molecule has 0 bridgehead atoms. The molecule has 0 aliphatic heterocycles. The lowest BCUT2D eigenvalue weighted by molar-refractivity contribution is -0.122. The van der Waals surface area contributed by atoms with E-state index in [2.05, 4.69) is 6.92 Å². The lowest BCUT2D eigenvalue weighted by atomic mass is 9.95. The van der Waals surface area contributed by atoms with Crippen LogP contribution in [0.5, 0.6) is 0 Å². The Morgan fingerprint density at radius 3 is 2.33 bits per heavy atom. The predicted octanol–water partition coefficient (Wildman–Crippen LogP) is 3.25. The van der Waals surface area contributed by atoms with Crippen LogP contribution in [0, 0.1) is 11.8 Å². The summed E-state index contributed by atoms with van der Waals surface area (Å²) in [4.78, 5) is 11.2. The molecule has 2 nitrogen and oxygen atoms in total.